The maximum atomic E-state index is 12.7. The van der Waals surface area contributed by atoms with Crippen molar-refractivity contribution in [2.45, 2.75) is 33.2 Å². The van der Waals surface area contributed by atoms with E-state index in [4.69, 9.17) is 10.00 Å². The second kappa shape index (κ2) is 8.36. The van der Waals surface area contributed by atoms with Crippen LogP contribution in [0.5, 0.6) is 0 Å². The van der Waals surface area contributed by atoms with Gasteiger partial charge in [0.25, 0.3) is 5.78 Å². The number of benzene rings is 1. The number of carbonyl (C=O) groups excluding carboxylic acids is 2. The lowest BCUT2D eigenvalue weighted by molar-refractivity contribution is -0.141. The molecule has 156 valence electrons. The molecule has 1 aromatic carbocycles. The molecular weight excluding hydrogens is 396 g/mol. The number of nitrogens with zero attached hydrogens (tertiary/aromatic N) is 6. The number of fused-ring (bicyclic) bond motifs is 2. The lowest BCUT2D eigenvalue weighted by Gasteiger charge is -2.02. The molecule has 0 aliphatic heterocycles. The van der Waals surface area contributed by atoms with Crippen LogP contribution in [-0.4, -0.2) is 42.5 Å². The molecule has 9 heteroatoms. The highest BCUT2D eigenvalue weighted by Crippen LogP contribution is 2.22. The summed E-state index contributed by atoms with van der Waals surface area (Å²) < 4.78 is 8.62. The Labute approximate surface area is 177 Å². The molecule has 0 spiro atoms. The lowest BCUT2D eigenvalue weighted by Crippen LogP contribution is -2.16. The average Bonchev–Trinajstić information content (AvgIpc) is 3.32. The first-order valence-corrected chi connectivity index (χ1v) is 9.80. The summed E-state index contributed by atoms with van der Waals surface area (Å²) in [7, 11) is 0. The Kier molecular flexibility index (Phi) is 5.45. The number of carbonyl (C=O) groups is 2. The summed E-state index contributed by atoms with van der Waals surface area (Å²) in [5, 5.41) is 13.9. The molecule has 0 bridgehead atoms. The van der Waals surface area contributed by atoms with E-state index in [0.717, 1.165) is 22.3 Å². The summed E-state index contributed by atoms with van der Waals surface area (Å²) in [5.74, 6) is -0.198. The van der Waals surface area contributed by atoms with Crippen LogP contribution in [0.2, 0.25) is 0 Å². The molecule has 31 heavy (non-hydrogen) atoms. The fraction of sp³-hybridized carbons (Fsp3) is 0.273. The number of nitriles is 1. The van der Waals surface area contributed by atoms with Crippen LogP contribution in [0.15, 0.2) is 36.5 Å². The molecule has 0 aliphatic rings. The molecule has 3 heterocycles. The van der Waals surface area contributed by atoms with Gasteiger partial charge in [0.05, 0.1) is 12.5 Å². The van der Waals surface area contributed by atoms with Crippen molar-refractivity contribution in [3.05, 3.63) is 59.3 Å². The maximum absolute atomic E-state index is 12.7. The van der Waals surface area contributed by atoms with Crippen molar-refractivity contribution in [2.24, 2.45) is 0 Å². The topological polar surface area (TPSA) is 115 Å². The lowest BCUT2D eigenvalue weighted by atomic mass is 10.1. The van der Waals surface area contributed by atoms with Gasteiger partial charge in [-0.15, -0.1) is 5.10 Å². The first kappa shape index (κ1) is 20.2. The van der Waals surface area contributed by atoms with E-state index in [1.165, 1.54) is 0 Å². The van der Waals surface area contributed by atoms with Crippen LogP contribution in [0.4, 0.5) is 0 Å². The zero-order chi connectivity index (χ0) is 22.0. The molecular formula is C22H20N6O3. The van der Waals surface area contributed by atoms with E-state index in [-0.39, 0.29) is 24.6 Å². The van der Waals surface area contributed by atoms with E-state index in [1.807, 2.05) is 48.7 Å². The third-order valence-electron chi connectivity index (χ3n) is 4.88. The van der Waals surface area contributed by atoms with Crippen LogP contribution in [0, 0.1) is 25.2 Å². The largest absolute Gasteiger partial charge is 0.457 e. The van der Waals surface area contributed by atoms with Crippen molar-refractivity contribution < 1.29 is 14.3 Å². The minimum Gasteiger partial charge on any atom is -0.457 e. The normalized spacial score (nSPS) is 11.0. The number of hydrogen-bond donors (Lipinski definition) is 0. The fourth-order valence-electron chi connectivity index (χ4n) is 3.51. The number of para-hydroxylation sites is 1. The molecule has 4 aromatic rings. The van der Waals surface area contributed by atoms with Crippen molar-refractivity contribution in [3.8, 4) is 6.07 Å². The summed E-state index contributed by atoms with van der Waals surface area (Å²) in [4.78, 5) is 33.5. The van der Waals surface area contributed by atoms with Crippen molar-refractivity contribution in [3.63, 3.8) is 0 Å². The maximum Gasteiger partial charge on any atom is 0.314 e. The SMILES string of the molecule is Cc1cc(C)n2nc(CC(=O)OCC(=O)c3cn(CCC#N)c4ccccc34)nc2n1. The number of rotatable bonds is 7. The summed E-state index contributed by atoms with van der Waals surface area (Å²) in [6.45, 7) is 3.84. The Morgan fingerprint density at radius 1 is 1.19 bits per heavy atom. The highest BCUT2D eigenvalue weighted by atomic mass is 16.5. The van der Waals surface area contributed by atoms with Crippen molar-refractivity contribution in [1.82, 2.24) is 24.1 Å². The molecule has 3 aromatic heterocycles. The second-order valence-corrected chi connectivity index (χ2v) is 7.20. The van der Waals surface area contributed by atoms with Crippen molar-refractivity contribution >= 4 is 28.4 Å². The van der Waals surface area contributed by atoms with Crippen LogP contribution in [0.25, 0.3) is 16.7 Å². The third-order valence-corrected chi connectivity index (χ3v) is 4.88. The zero-order valence-corrected chi connectivity index (χ0v) is 17.2. The van der Waals surface area contributed by atoms with Crippen LogP contribution >= 0.6 is 0 Å². The summed E-state index contributed by atoms with van der Waals surface area (Å²) in [5.41, 5.74) is 2.99. The summed E-state index contributed by atoms with van der Waals surface area (Å²) >= 11 is 0. The second-order valence-electron chi connectivity index (χ2n) is 7.20. The van der Waals surface area contributed by atoms with Crippen LogP contribution < -0.4 is 0 Å². The smallest absolute Gasteiger partial charge is 0.314 e. The predicted molar refractivity (Wildman–Crippen MR) is 111 cm³/mol. The molecule has 0 atom stereocenters. The number of ketones is 1. The van der Waals surface area contributed by atoms with E-state index in [1.54, 1.807) is 10.7 Å². The van der Waals surface area contributed by atoms with E-state index in [9.17, 15) is 9.59 Å². The van der Waals surface area contributed by atoms with Gasteiger partial charge in [-0.2, -0.15) is 10.2 Å². The Hall–Kier alpha value is -4.06. The fourth-order valence-corrected chi connectivity index (χ4v) is 3.51. The van der Waals surface area contributed by atoms with E-state index < -0.39 is 5.97 Å². The summed E-state index contributed by atoms with van der Waals surface area (Å²) in [6, 6.07) is 11.4. The predicted octanol–water partition coefficient (Wildman–Crippen LogP) is 2.58. The van der Waals surface area contributed by atoms with Crippen molar-refractivity contribution in [2.75, 3.05) is 6.61 Å². The molecule has 9 nitrogen and oxygen atoms in total. The molecule has 0 saturated carbocycles. The van der Waals surface area contributed by atoms with Gasteiger partial charge in [0, 0.05) is 40.6 Å². The van der Waals surface area contributed by atoms with Crippen LogP contribution in [-0.2, 0) is 22.5 Å². The van der Waals surface area contributed by atoms with Crippen molar-refractivity contribution in [1.29, 1.82) is 5.26 Å². The minimum atomic E-state index is -0.591. The number of aryl methyl sites for hydroxylation is 3. The Morgan fingerprint density at radius 3 is 2.81 bits per heavy atom. The van der Waals surface area contributed by atoms with E-state index in [0.29, 0.717) is 24.3 Å². The minimum absolute atomic E-state index is 0.154. The quantitative estimate of drug-likeness (QED) is 0.336. The van der Waals surface area contributed by atoms with Gasteiger partial charge in [-0.1, -0.05) is 18.2 Å². The average molecular weight is 416 g/mol. The van der Waals surface area contributed by atoms with Crippen LogP contribution in [0.3, 0.4) is 0 Å². The number of esters is 1. The first-order chi connectivity index (χ1) is 15.0. The molecule has 0 N–H and O–H groups in total. The van der Waals surface area contributed by atoms with E-state index >= 15 is 0 Å². The standard InChI is InChI=1S/C22H20N6O3/c1-14-10-15(2)28-22(24-14)25-20(26-28)11-21(30)31-13-19(29)17-12-27(9-5-8-23)18-7-4-3-6-16(17)18/h3-4,6-7,10,12H,5,9,11,13H2,1-2H3. The van der Waals surface area contributed by atoms with Gasteiger partial charge in [-0.05, 0) is 26.0 Å². The molecule has 0 aliphatic carbocycles. The number of hydrogen-bond acceptors (Lipinski definition) is 7. The van der Waals surface area contributed by atoms with Gasteiger partial charge >= 0.3 is 5.97 Å². The van der Waals surface area contributed by atoms with Gasteiger partial charge < -0.3 is 9.30 Å². The van der Waals surface area contributed by atoms with Gasteiger partial charge in [0.2, 0.25) is 5.78 Å². The van der Waals surface area contributed by atoms with Gasteiger partial charge in [-0.3, -0.25) is 9.59 Å². The van der Waals surface area contributed by atoms with Gasteiger partial charge in [0.15, 0.2) is 12.4 Å². The first-order valence-electron chi connectivity index (χ1n) is 9.80. The Morgan fingerprint density at radius 2 is 2.00 bits per heavy atom. The third kappa shape index (κ3) is 4.14. The number of Topliss-reactive ketones (excluding diaryl/α,β-unsaturated/α-hetero) is 1. The highest BCUT2D eigenvalue weighted by molar-refractivity contribution is 6.09. The molecule has 0 fully saturated rings. The highest BCUT2D eigenvalue weighted by Gasteiger charge is 2.18. The molecule has 0 unspecified atom stereocenters. The summed E-state index contributed by atoms with van der Waals surface area (Å²) in [6.07, 6.45) is 1.89. The van der Waals surface area contributed by atoms with Crippen LogP contribution in [0.1, 0.15) is 34.0 Å². The monoisotopic (exact) mass is 416 g/mol. The molecule has 0 amide bonds. The van der Waals surface area contributed by atoms with Gasteiger partial charge in [-0.25, -0.2) is 9.50 Å². The Balaban J connectivity index is 1.45. The Bertz CT molecular complexity index is 1340. The molecule has 0 saturated heterocycles. The number of ether oxygens (including phenoxy) is 1. The zero-order valence-electron chi connectivity index (χ0n) is 17.2. The van der Waals surface area contributed by atoms with E-state index in [2.05, 4.69) is 21.1 Å². The number of aromatic nitrogens is 5. The van der Waals surface area contributed by atoms with Gasteiger partial charge in [0.1, 0.15) is 6.42 Å². The molecule has 4 rings (SSSR count). The molecule has 0 radical (unpaired) electrons.